The average Bonchev–Trinajstić information content (AvgIpc) is 2.01. The van der Waals surface area contributed by atoms with Crippen LogP contribution in [0.25, 0.3) is 0 Å². The van der Waals surface area contributed by atoms with Crippen LogP contribution in [0.2, 0.25) is 29.6 Å². The molecule has 1 rings (SSSR count). The third kappa shape index (κ3) is 3.08. The monoisotopic (exact) mass is 408 g/mol. The summed E-state index contributed by atoms with van der Waals surface area (Å²) in [6.07, 6.45) is 4.07. The van der Waals surface area contributed by atoms with Gasteiger partial charge in [-0.1, -0.05) is 0 Å². The van der Waals surface area contributed by atoms with E-state index in [1.54, 1.807) is 7.16 Å². The SMILES string of the molecule is [CH3][Sn]([CH3])([CH3])[c]1cnnc[c]1[Sn]([CH3])([CH3])[CH3]. The first-order valence-electron chi connectivity index (χ1n) is 5.04. The van der Waals surface area contributed by atoms with Crippen LogP contribution in [0.15, 0.2) is 12.4 Å². The van der Waals surface area contributed by atoms with Gasteiger partial charge in [0.1, 0.15) is 0 Å². The number of hydrogen-bond donors (Lipinski definition) is 0. The molecule has 0 amide bonds. The maximum atomic E-state index is 4.06. The van der Waals surface area contributed by atoms with Gasteiger partial charge in [-0.25, -0.2) is 0 Å². The number of nitrogens with zero attached hydrogens (tertiary/aromatic N) is 2. The third-order valence-corrected chi connectivity index (χ3v) is 15.9. The van der Waals surface area contributed by atoms with Crippen LogP contribution in [0.5, 0.6) is 0 Å². The molecule has 4 heteroatoms. The molecule has 14 heavy (non-hydrogen) atoms. The van der Waals surface area contributed by atoms with E-state index in [1.807, 2.05) is 12.4 Å². The van der Waals surface area contributed by atoms with Crippen LogP contribution in [0.4, 0.5) is 0 Å². The second-order valence-electron chi connectivity index (χ2n) is 5.82. The summed E-state index contributed by atoms with van der Waals surface area (Å²) in [5, 5.41) is 8.12. The summed E-state index contributed by atoms with van der Waals surface area (Å²) in [4.78, 5) is 14.7. The Labute approximate surface area is 95.3 Å². The van der Waals surface area contributed by atoms with Crippen LogP contribution in [-0.2, 0) is 0 Å². The van der Waals surface area contributed by atoms with Crippen molar-refractivity contribution >= 4 is 43.9 Å². The van der Waals surface area contributed by atoms with Crippen molar-refractivity contribution in [2.45, 2.75) is 29.6 Å². The molecule has 0 spiro atoms. The zero-order valence-corrected chi connectivity index (χ0v) is 15.8. The Morgan fingerprint density at radius 1 is 0.714 bits per heavy atom. The van der Waals surface area contributed by atoms with Gasteiger partial charge in [0, 0.05) is 0 Å². The topological polar surface area (TPSA) is 25.8 Å². The molecule has 0 saturated heterocycles. The summed E-state index contributed by atoms with van der Waals surface area (Å²) in [5.41, 5.74) is 0. The fourth-order valence-corrected chi connectivity index (χ4v) is 23.4. The third-order valence-electron chi connectivity index (χ3n) is 2.35. The minimum atomic E-state index is -1.97. The zero-order chi connectivity index (χ0) is 11.0. The van der Waals surface area contributed by atoms with E-state index in [9.17, 15) is 0 Å². The second kappa shape index (κ2) is 4.27. The molecular weight excluding hydrogens is 386 g/mol. The summed E-state index contributed by atoms with van der Waals surface area (Å²) in [6.45, 7) is 0. The average molecular weight is 406 g/mol. The van der Waals surface area contributed by atoms with E-state index in [0.717, 1.165) is 0 Å². The fourth-order valence-electron chi connectivity index (χ4n) is 1.52. The van der Waals surface area contributed by atoms with Crippen molar-refractivity contribution in [3.8, 4) is 0 Å². The van der Waals surface area contributed by atoms with E-state index in [0.29, 0.717) is 0 Å². The summed E-state index contributed by atoms with van der Waals surface area (Å²) in [6, 6.07) is 0. The molecule has 1 aromatic rings. The van der Waals surface area contributed by atoms with Gasteiger partial charge in [-0.2, -0.15) is 0 Å². The molecular formula is C10H20N2Sn2. The van der Waals surface area contributed by atoms with Gasteiger partial charge in [0.2, 0.25) is 0 Å². The Hall–Kier alpha value is 0.677. The molecule has 0 aromatic carbocycles. The van der Waals surface area contributed by atoms with E-state index in [2.05, 4.69) is 39.8 Å². The fraction of sp³-hybridized carbons (Fsp3) is 0.600. The Kier molecular flexibility index (Phi) is 3.89. The molecule has 1 aromatic heterocycles. The molecule has 0 bridgehead atoms. The minimum absolute atomic E-state index is 1.60. The molecule has 0 N–H and O–H groups in total. The van der Waals surface area contributed by atoms with E-state index in [-0.39, 0.29) is 0 Å². The van der Waals surface area contributed by atoms with Crippen LogP contribution in [0, 0.1) is 0 Å². The van der Waals surface area contributed by atoms with E-state index >= 15 is 0 Å². The molecule has 0 aliphatic rings. The Bertz CT molecular complexity index is 291. The van der Waals surface area contributed by atoms with Crippen molar-refractivity contribution in [3.05, 3.63) is 12.4 Å². The molecule has 0 aliphatic carbocycles. The van der Waals surface area contributed by atoms with Gasteiger partial charge < -0.3 is 0 Å². The molecule has 2 nitrogen and oxygen atoms in total. The van der Waals surface area contributed by atoms with Gasteiger partial charge in [0.15, 0.2) is 0 Å². The second-order valence-corrected chi connectivity index (χ2v) is 34.6. The van der Waals surface area contributed by atoms with E-state index in [4.69, 9.17) is 0 Å². The van der Waals surface area contributed by atoms with Crippen LogP contribution >= 0.6 is 0 Å². The van der Waals surface area contributed by atoms with Crippen molar-refractivity contribution in [1.82, 2.24) is 10.2 Å². The van der Waals surface area contributed by atoms with Crippen molar-refractivity contribution in [1.29, 1.82) is 0 Å². The van der Waals surface area contributed by atoms with Crippen molar-refractivity contribution in [3.63, 3.8) is 0 Å². The molecule has 0 atom stereocenters. The van der Waals surface area contributed by atoms with Gasteiger partial charge in [0.25, 0.3) is 0 Å². The van der Waals surface area contributed by atoms with Crippen LogP contribution in [-0.4, -0.2) is 47.0 Å². The van der Waals surface area contributed by atoms with Crippen LogP contribution in [0.1, 0.15) is 0 Å². The Balaban J connectivity index is 3.31. The Morgan fingerprint density at radius 3 is 1.21 bits per heavy atom. The molecule has 78 valence electrons. The van der Waals surface area contributed by atoms with E-state index in [1.165, 1.54) is 0 Å². The summed E-state index contributed by atoms with van der Waals surface area (Å²) >= 11 is -3.94. The van der Waals surface area contributed by atoms with Crippen molar-refractivity contribution in [2.75, 3.05) is 0 Å². The normalized spacial score (nSPS) is 13.0. The molecule has 0 unspecified atom stereocenters. The number of hydrogen-bond acceptors (Lipinski definition) is 2. The summed E-state index contributed by atoms with van der Waals surface area (Å²) in [5.74, 6) is 0. The first-order valence-corrected chi connectivity index (χ1v) is 25.0. The Morgan fingerprint density at radius 2 is 1.00 bits per heavy atom. The first kappa shape index (κ1) is 12.7. The maximum absolute atomic E-state index is 4.06. The summed E-state index contributed by atoms with van der Waals surface area (Å²) < 4.78 is 3.19. The van der Waals surface area contributed by atoms with E-state index < -0.39 is 36.8 Å². The standard InChI is InChI=1S/C4H2N2.6CH3.2Sn/c1-2-4-6-5-3-1;;;;;;;;/h3-4H;6*1H3;;. The molecule has 0 radical (unpaired) electrons. The first-order chi connectivity index (χ1) is 6.23. The van der Waals surface area contributed by atoms with Gasteiger partial charge in [-0.15, -0.1) is 0 Å². The molecule has 0 fully saturated rings. The van der Waals surface area contributed by atoms with Gasteiger partial charge >= 0.3 is 96.1 Å². The molecule has 1 heterocycles. The summed E-state index contributed by atoms with van der Waals surface area (Å²) in [7, 11) is 0. The predicted molar refractivity (Wildman–Crippen MR) is 68.0 cm³/mol. The molecule has 0 aliphatic heterocycles. The van der Waals surface area contributed by atoms with Crippen LogP contribution < -0.4 is 7.16 Å². The van der Waals surface area contributed by atoms with Crippen molar-refractivity contribution in [2.24, 2.45) is 0 Å². The zero-order valence-electron chi connectivity index (χ0n) is 10.0. The predicted octanol–water partition coefficient (Wildman–Crippen LogP) is 1.57. The number of rotatable bonds is 2. The number of aromatic nitrogens is 2. The quantitative estimate of drug-likeness (QED) is 0.698. The van der Waals surface area contributed by atoms with Gasteiger partial charge in [0.05, 0.1) is 0 Å². The molecule has 0 saturated carbocycles. The van der Waals surface area contributed by atoms with Crippen LogP contribution in [0.3, 0.4) is 0 Å². The van der Waals surface area contributed by atoms with Gasteiger partial charge in [-0.3, -0.25) is 0 Å². The van der Waals surface area contributed by atoms with Crippen molar-refractivity contribution < 1.29 is 0 Å². The van der Waals surface area contributed by atoms with Gasteiger partial charge in [-0.05, 0) is 0 Å².